The summed E-state index contributed by atoms with van der Waals surface area (Å²) in [4.78, 5) is 15.3. The molecule has 34 heavy (non-hydrogen) atoms. The Hall–Kier alpha value is -2.53. The lowest BCUT2D eigenvalue weighted by Crippen LogP contribution is -2.53. The Morgan fingerprint density at radius 1 is 1.09 bits per heavy atom. The summed E-state index contributed by atoms with van der Waals surface area (Å²) in [6.07, 6.45) is 2.97. The number of piperidine rings is 3. The number of nitrogens with zero attached hydrogens (tertiary/aromatic N) is 1. The first-order valence-corrected chi connectivity index (χ1v) is 12.8. The fraction of sp³-hybridized carbons (Fsp3) is 0.552. The van der Waals surface area contributed by atoms with Crippen LogP contribution in [0.1, 0.15) is 57.7 Å². The number of carbonyl (C=O) groups is 1. The Kier molecular flexibility index (Phi) is 6.32. The van der Waals surface area contributed by atoms with Crippen molar-refractivity contribution in [3.05, 3.63) is 53.6 Å². The standard InChI is InChI=1S/C29H38N2O3/c1-19(2)18-33-24-8-5-20(6-9-24)22-7-10-25-23(15-22)16-29(3,4)27(25)30-28(32)34-26-17-31-13-11-21(26)12-14-31/h5-10,15,19,21,26-27H,11-14,16-18H2,1-4H3,(H,30,32)/t26-,27?/m1/s1. The zero-order valence-corrected chi connectivity index (χ0v) is 21.0. The van der Waals surface area contributed by atoms with Crippen molar-refractivity contribution in [1.82, 2.24) is 10.2 Å². The fourth-order valence-corrected chi connectivity index (χ4v) is 5.85. The molecule has 0 radical (unpaired) electrons. The van der Waals surface area contributed by atoms with E-state index in [1.54, 1.807) is 0 Å². The molecule has 5 heteroatoms. The molecule has 2 bridgehead atoms. The van der Waals surface area contributed by atoms with Crippen LogP contribution in [0, 0.1) is 17.3 Å². The van der Waals surface area contributed by atoms with E-state index in [0.717, 1.165) is 51.3 Å². The van der Waals surface area contributed by atoms with Crippen molar-refractivity contribution in [2.24, 2.45) is 17.3 Å². The highest BCUT2D eigenvalue weighted by molar-refractivity contribution is 5.70. The molecule has 3 heterocycles. The maximum absolute atomic E-state index is 12.9. The maximum atomic E-state index is 12.9. The van der Waals surface area contributed by atoms with Gasteiger partial charge in [0.1, 0.15) is 11.9 Å². The SMILES string of the molecule is CC(C)COc1ccc(-c2ccc3c(c2)CC(C)(C)C3NC(=O)O[C@@H]2CN3CCC2CC3)cc1. The molecule has 3 fully saturated rings. The van der Waals surface area contributed by atoms with E-state index in [4.69, 9.17) is 9.47 Å². The number of carbonyl (C=O) groups excluding carboxylic acids is 1. The molecule has 4 aliphatic rings. The Balaban J connectivity index is 1.27. The predicted octanol–water partition coefficient (Wildman–Crippen LogP) is 5.83. The van der Waals surface area contributed by atoms with Crippen LogP contribution in [0.5, 0.6) is 5.75 Å². The number of hydrogen-bond donors (Lipinski definition) is 1. The number of amides is 1. The van der Waals surface area contributed by atoms with Crippen LogP contribution in [0.15, 0.2) is 42.5 Å². The van der Waals surface area contributed by atoms with Crippen LogP contribution >= 0.6 is 0 Å². The lowest BCUT2D eigenvalue weighted by atomic mass is 9.85. The topological polar surface area (TPSA) is 50.8 Å². The normalized spacial score (nSPS) is 26.9. The first kappa shape index (κ1) is 23.2. The van der Waals surface area contributed by atoms with Crippen LogP contribution in [-0.4, -0.2) is 43.3 Å². The lowest BCUT2D eigenvalue weighted by molar-refractivity contribution is -0.0348. The average Bonchev–Trinajstić information content (AvgIpc) is 3.07. The summed E-state index contributed by atoms with van der Waals surface area (Å²) >= 11 is 0. The molecular weight excluding hydrogens is 424 g/mol. The number of alkyl carbamates (subject to hydrolysis) is 1. The van der Waals surface area contributed by atoms with Gasteiger partial charge in [0.25, 0.3) is 0 Å². The number of benzene rings is 2. The quantitative estimate of drug-likeness (QED) is 0.587. The van der Waals surface area contributed by atoms with Gasteiger partial charge in [-0.25, -0.2) is 4.79 Å². The first-order chi connectivity index (χ1) is 16.3. The monoisotopic (exact) mass is 462 g/mol. The molecule has 1 amide bonds. The number of rotatable bonds is 6. The van der Waals surface area contributed by atoms with Crippen LogP contribution < -0.4 is 10.1 Å². The van der Waals surface area contributed by atoms with Gasteiger partial charge in [-0.3, -0.25) is 4.90 Å². The van der Waals surface area contributed by atoms with Gasteiger partial charge in [-0.2, -0.15) is 0 Å². The van der Waals surface area contributed by atoms with Gasteiger partial charge in [-0.15, -0.1) is 0 Å². The molecule has 1 unspecified atom stereocenters. The first-order valence-electron chi connectivity index (χ1n) is 12.8. The van der Waals surface area contributed by atoms with Crippen LogP contribution in [-0.2, 0) is 11.2 Å². The van der Waals surface area contributed by atoms with Gasteiger partial charge in [-0.1, -0.05) is 58.0 Å². The van der Waals surface area contributed by atoms with Crippen molar-refractivity contribution in [1.29, 1.82) is 0 Å². The Bertz CT molecular complexity index is 1020. The summed E-state index contributed by atoms with van der Waals surface area (Å²) in [5, 5.41) is 3.23. The minimum Gasteiger partial charge on any atom is -0.493 e. The van der Waals surface area contributed by atoms with Crippen molar-refractivity contribution in [3.8, 4) is 16.9 Å². The molecule has 2 aromatic rings. The van der Waals surface area contributed by atoms with Crippen LogP contribution in [0.2, 0.25) is 0 Å². The largest absolute Gasteiger partial charge is 0.493 e. The van der Waals surface area contributed by atoms with Gasteiger partial charge in [0, 0.05) is 6.54 Å². The van der Waals surface area contributed by atoms with Crippen molar-refractivity contribution in [2.45, 2.75) is 59.1 Å². The zero-order valence-electron chi connectivity index (χ0n) is 21.0. The van der Waals surface area contributed by atoms with E-state index in [0.29, 0.717) is 11.8 Å². The highest BCUT2D eigenvalue weighted by atomic mass is 16.6. The molecular formula is C29H38N2O3. The molecule has 1 N–H and O–H groups in total. The molecule has 2 atom stereocenters. The van der Waals surface area contributed by atoms with Gasteiger partial charge in [-0.05, 0) is 84.0 Å². The smallest absolute Gasteiger partial charge is 0.407 e. The molecule has 3 aliphatic heterocycles. The summed E-state index contributed by atoms with van der Waals surface area (Å²) in [7, 11) is 0. The van der Waals surface area contributed by atoms with E-state index in [2.05, 4.69) is 68.2 Å². The molecule has 5 nitrogen and oxygen atoms in total. The molecule has 182 valence electrons. The number of ether oxygens (including phenoxy) is 2. The second-order valence-corrected chi connectivity index (χ2v) is 11.5. The average molecular weight is 463 g/mol. The summed E-state index contributed by atoms with van der Waals surface area (Å²) < 4.78 is 11.8. The fourth-order valence-electron chi connectivity index (χ4n) is 5.85. The summed E-state index contributed by atoms with van der Waals surface area (Å²) in [6.45, 7) is 12.7. The van der Waals surface area contributed by atoms with Crippen LogP contribution in [0.4, 0.5) is 4.79 Å². The van der Waals surface area contributed by atoms with Crippen molar-refractivity contribution >= 4 is 6.09 Å². The third kappa shape index (κ3) is 4.81. The number of fused-ring (bicyclic) bond motifs is 4. The van der Waals surface area contributed by atoms with E-state index in [1.165, 1.54) is 22.3 Å². The Morgan fingerprint density at radius 2 is 1.79 bits per heavy atom. The number of nitrogens with one attached hydrogen (secondary N) is 1. The number of hydrogen-bond acceptors (Lipinski definition) is 4. The predicted molar refractivity (Wildman–Crippen MR) is 135 cm³/mol. The second-order valence-electron chi connectivity index (χ2n) is 11.5. The Labute approximate surface area is 203 Å². The van der Waals surface area contributed by atoms with E-state index < -0.39 is 0 Å². The molecule has 0 aromatic heterocycles. The molecule has 0 spiro atoms. The highest BCUT2D eigenvalue weighted by Gasteiger charge is 2.42. The zero-order chi connectivity index (χ0) is 23.9. The Morgan fingerprint density at radius 3 is 2.44 bits per heavy atom. The maximum Gasteiger partial charge on any atom is 0.407 e. The van der Waals surface area contributed by atoms with E-state index in [1.807, 2.05) is 12.1 Å². The van der Waals surface area contributed by atoms with Crippen LogP contribution in [0.3, 0.4) is 0 Å². The molecule has 0 saturated carbocycles. The third-order valence-corrected chi connectivity index (χ3v) is 7.77. The minimum atomic E-state index is -0.272. The summed E-state index contributed by atoms with van der Waals surface area (Å²) in [5.41, 5.74) is 4.81. The molecule has 3 saturated heterocycles. The van der Waals surface area contributed by atoms with Gasteiger partial charge in [0.2, 0.25) is 0 Å². The van der Waals surface area contributed by atoms with Gasteiger partial charge in [0.15, 0.2) is 0 Å². The van der Waals surface area contributed by atoms with Crippen LogP contribution in [0.25, 0.3) is 11.1 Å². The summed E-state index contributed by atoms with van der Waals surface area (Å²) in [5.74, 6) is 1.93. The minimum absolute atomic E-state index is 0.0290. The van der Waals surface area contributed by atoms with Crippen molar-refractivity contribution in [2.75, 3.05) is 26.2 Å². The lowest BCUT2D eigenvalue weighted by Gasteiger charge is -2.44. The molecule has 1 aliphatic carbocycles. The molecule has 6 rings (SSSR count). The highest BCUT2D eigenvalue weighted by Crippen LogP contribution is 2.46. The summed E-state index contributed by atoms with van der Waals surface area (Å²) in [6, 6.07) is 14.9. The molecule has 2 aromatic carbocycles. The van der Waals surface area contributed by atoms with Crippen molar-refractivity contribution in [3.63, 3.8) is 0 Å². The second kappa shape index (κ2) is 9.26. The van der Waals surface area contributed by atoms with E-state index >= 15 is 0 Å². The van der Waals surface area contributed by atoms with E-state index in [9.17, 15) is 4.79 Å². The van der Waals surface area contributed by atoms with Crippen molar-refractivity contribution < 1.29 is 14.3 Å². The van der Waals surface area contributed by atoms with Gasteiger partial charge >= 0.3 is 6.09 Å². The van der Waals surface area contributed by atoms with E-state index in [-0.39, 0.29) is 23.7 Å². The third-order valence-electron chi connectivity index (χ3n) is 7.77. The van der Waals surface area contributed by atoms with Gasteiger partial charge < -0.3 is 14.8 Å². The van der Waals surface area contributed by atoms with Gasteiger partial charge in [0.05, 0.1) is 12.6 Å².